The second-order valence-corrected chi connectivity index (χ2v) is 4.50. The molecule has 0 saturated heterocycles. The SMILES string of the molecule is CCc1ccccc1CNC(=O)N(CC)CCC(=O)O. The zero-order chi connectivity index (χ0) is 15.0. The highest BCUT2D eigenvalue weighted by atomic mass is 16.4. The molecule has 0 aliphatic heterocycles. The van der Waals surface area contributed by atoms with Crippen molar-refractivity contribution in [2.24, 2.45) is 0 Å². The standard InChI is InChI=1S/C15H22N2O3/c1-3-12-7-5-6-8-13(12)11-16-15(20)17(4-2)10-9-14(18)19/h5-8H,3-4,9-11H2,1-2H3,(H,16,20)(H,18,19). The lowest BCUT2D eigenvalue weighted by atomic mass is 10.1. The van der Waals surface area contributed by atoms with Gasteiger partial charge in [0.05, 0.1) is 6.42 Å². The van der Waals surface area contributed by atoms with Crippen LogP contribution in [0, 0.1) is 0 Å². The number of carboxylic acids is 1. The Labute approximate surface area is 119 Å². The molecule has 0 fully saturated rings. The van der Waals surface area contributed by atoms with Crippen LogP contribution in [0.25, 0.3) is 0 Å². The second-order valence-electron chi connectivity index (χ2n) is 4.50. The first-order valence-corrected chi connectivity index (χ1v) is 6.89. The van der Waals surface area contributed by atoms with E-state index in [0.717, 1.165) is 12.0 Å². The summed E-state index contributed by atoms with van der Waals surface area (Å²) in [6, 6.07) is 7.74. The highest BCUT2D eigenvalue weighted by Crippen LogP contribution is 2.09. The van der Waals surface area contributed by atoms with E-state index in [1.165, 1.54) is 10.5 Å². The van der Waals surface area contributed by atoms with E-state index in [1.807, 2.05) is 31.2 Å². The predicted octanol–water partition coefficient (Wildman–Crippen LogP) is 2.26. The molecule has 2 amide bonds. The number of hydrogen-bond donors (Lipinski definition) is 2. The number of nitrogens with one attached hydrogen (secondary N) is 1. The summed E-state index contributed by atoms with van der Waals surface area (Å²) < 4.78 is 0. The second kappa shape index (κ2) is 8.19. The third kappa shape index (κ3) is 4.91. The predicted molar refractivity (Wildman–Crippen MR) is 77.6 cm³/mol. The van der Waals surface area contributed by atoms with E-state index in [2.05, 4.69) is 12.2 Å². The average molecular weight is 278 g/mol. The highest BCUT2D eigenvalue weighted by Gasteiger charge is 2.12. The van der Waals surface area contributed by atoms with Crippen molar-refractivity contribution >= 4 is 12.0 Å². The van der Waals surface area contributed by atoms with Gasteiger partial charge in [0.2, 0.25) is 0 Å². The van der Waals surface area contributed by atoms with Gasteiger partial charge in [-0.15, -0.1) is 0 Å². The lowest BCUT2D eigenvalue weighted by molar-refractivity contribution is -0.137. The zero-order valence-electron chi connectivity index (χ0n) is 12.1. The first-order valence-electron chi connectivity index (χ1n) is 6.89. The van der Waals surface area contributed by atoms with E-state index >= 15 is 0 Å². The molecule has 0 spiro atoms. The van der Waals surface area contributed by atoms with Crippen molar-refractivity contribution < 1.29 is 14.7 Å². The van der Waals surface area contributed by atoms with Gasteiger partial charge in [0.15, 0.2) is 0 Å². The van der Waals surface area contributed by atoms with Crippen LogP contribution < -0.4 is 5.32 Å². The van der Waals surface area contributed by atoms with E-state index in [1.54, 1.807) is 0 Å². The summed E-state index contributed by atoms with van der Waals surface area (Å²) in [6.07, 6.45) is 0.884. The molecule has 110 valence electrons. The van der Waals surface area contributed by atoms with Crippen LogP contribution in [-0.2, 0) is 17.8 Å². The average Bonchev–Trinajstić information content (AvgIpc) is 2.45. The Morgan fingerprint density at radius 3 is 2.40 bits per heavy atom. The summed E-state index contributed by atoms with van der Waals surface area (Å²) in [7, 11) is 0. The van der Waals surface area contributed by atoms with E-state index in [0.29, 0.717) is 13.1 Å². The van der Waals surface area contributed by atoms with Gasteiger partial charge in [-0.2, -0.15) is 0 Å². The van der Waals surface area contributed by atoms with Gasteiger partial charge < -0.3 is 15.3 Å². The zero-order valence-corrected chi connectivity index (χ0v) is 12.1. The molecule has 0 bridgehead atoms. The van der Waals surface area contributed by atoms with Gasteiger partial charge in [0.1, 0.15) is 0 Å². The fraction of sp³-hybridized carbons (Fsp3) is 0.467. The summed E-state index contributed by atoms with van der Waals surface area (Å²) in [4.78, 5) is 24.0. The maximum atomic E-state index is 12.0. The number of amides is 2. The van der Waals surface area contributed by atoms with Crippen molar-refractivity contribution in [1.29, 1.82) is 0 Å². The maximum Gasteiger partial charge on any atom is 0.317 e. The van der Waals surface area contributed by atoms with E-state index in [4.69, 9.17) is 5.11 Å². The van der Waals surface area contributed by atoms with Gasteiger partial charge in [0.25, 0.3) is 0 Å². The maximum absolute atomic E-state index is 12.0. The number of carbonyl (C=O) groups excluding carboxylic acids is 1. The van der Waals surface area contributed by atoms with Gasteiger partial charge in [0, 0.05) is 19.6 Å². The molecule has 0 aliphatic rings. The molecule has 20 heavy (non-hydrogen) atoms. The molecule has 0 aliphatic carbocycles. The molecule has 5 nitrogen and oxygen atoms in total. The molecule has 1 aromatic rings. The summed E-state index contributed by atoms with van der Waals surface area (Å²) >= 11 is 0. The Morgan fingerprint density at radius 2 is 1.85 bits per heavy atom. The minimum absolute atomic E-state index is 0.0349. The molecule has 0 heterocycles. The summed E-state index contributed by atoms with van der Waals surface area (Å²) in [5.41, 5.74) is 2.30. The summed E-state index contributed by atoms with van der Waals surface area (Å²) in [5.74, 6) is -0.896. The van der Waals surface area contributed by atoms with Crippen molar-refractivity contribution in [3.63, 3.8) is 0 Å². The molecule has 0 aromatic heterocycles. The molecule has 2 N–H and O–H groups in total. The van der Waals surface area contributed by atoms with E-state index in [-0.39, 0.29) is 19.0 Å². The Hall–Kier alpha value is -2.04. The van der Waals surface area contributed by atoms with Crippen molar-refractivity contribution in [3.05, 3.63) is 35.4 Å². The molecular weight excluding hydrogens is 256 g/mol. The Balaban J connectivity index is 2.54. The Kier molecular flexibility index (Phi) is 6.56. The molecule has 0 radical (unpaired) electrons. The third-order valence-corrected chi connectivity index (χ3v) is 3.19. The number of aryl methyl sites for hydroxylation is 1. The van der Waals surface area contributed by atoms with Gasteiger partial charge in [-0.05, 0) is 24.5 Å². The Morgan fingerprint density at radius 1 is 1.20 bits per heavy atom. The smallest absolute Gasteiger partial charge is 0.317 e. The number of rotatable bonds is 7. The van der Waals surface area contributed by atoms with Crippen LogP contribution in [0.2, 0.25) is 0 Å². The van der Waals surface area contributed by atoms with Gasteiger partial charge in [-0.1, -0.05) is 31.2 Å². The van der Waals surface area contributed by atoms with Crippen molar-refractivity contribution in [1.82, 2.24) is 10.2 Å². The van der Waals surface area contributed by atoms with Crippen LogP contribution in [0.1, 0.15) is 31.4 Å². The Bertz CT molecular complexity index is 460. The number of aliphatic carboxylic acids is 1. The van der Waals surface area contributed by atoms with Crippen LogP contribution in [0.5, 0.6) is 0 Å². The third-order valence-electron chi connectivity index (χ3n) is 3.19. The van der Waals surface area contributed by atoms with Crippen LogP contribution in [0.4, 0.5) is 4.79 Å². The molecular formula is C15H22N2O3. The van der Waals surface area contributed by atoms with Gasteiger partial charge in [-0.25, -0.2) is 4.79 Å². The van der Waals surface area contributed by atoms with Crippen LogP contribution >= 0.6 is 0 Å². The molecule has 0 atom stereocenters. The molecule has 5 heteroatoms. The first-order chi connectivity index (χ1) is 9.58. The van der Waals surface area contributed by atoms with Crippen molar-refractivity contribution in [3.8, 4) is 0 Å². The number of benzene rings is 1. The molecule has 1 aromatic carbocycles. The van der Waals surface area contributed by atoms with Crippen LogP contribution in [0.3, 0.4) is 0 Å². The van der Waals surface area contributed by atoms with Crippen molar-refractivity contribution in [2.45, 2.75) is 33.2 Å². The van der Waals surface area contributed by atoms with Gasteiger partial charge in [-0.3, -0.25) is 4.79 Å². The topological polar surface area (TPSA) is 69.6 Å². The lowest BCUT2D eigenvalue weighted by Gasteiger charge is -2.21. The summed E-state index contributed by atoms with van der Waals surface area (Å²) in [6.45, 7) is 5.10. The number of hydrogen-bond acceptors (Lipinski definition) is 2. The fourth-order valence-corrected chi connectivity index (χ4v) is 1.99. The quantitative estimate of drug-likeness (QED) is 0.803. The highest BCUT2D eigenvalue weighted by molar-refractivity contribution is 5.75. The van der Waals surface area contributed by atoms with Crippen LogP contribution in [-0.4, -0.2) is 35.1 Å². The number of urea groups is 1. The largest absolute Gasteiger partial charge is 0.481 e. The molecule has 0 unspecified atom stereocenters. The normalized spacial score (nSPS) is 10.1. The summed E-state index contributed by atoms with van der Waals surface area (Å²) in [5, 5.41) is 11.5. The number of carbonyl (C=O) groups is 2. The van der Waals surface area contributed by atoms with E-state index in [9.17, 15) is 9.59 Å². The number of carboxylic acid groups (broad SMARTS) is 1. The monoisotopic (exact) mass is 278 g/mol. The van der Waals surface area contributed by atoms with Gasteiger partial charge >= 0.3 is 12.0 Å². The fourth-order valence-electron chi connectivity index (χ4n) is 1.99. The van der Waals surface area contributed by atoms with E-state index < -0.39 is 5.97 Å². The van der Waals surface area contributed by atoms with Crippen LogP contribution in [0.15, 0.2) is 24.3 Å². The molecule has 0 saturated carbocycles. The van der Waals surface area contributed by atoms with Crippen molar-refractivity contribution in [2.75, 3.05) is 13.1 Å². The molecule has 1 rings (SSSR count). The minimum Gasteiger partial charge on any atom is -0.481 e. The first kappa shape index (κ1) is 16.0. The lowest BCUT2D eigenvalue weighted by Crippen LogP contribution is -2.40. The number of nitrogens with zero attached hydrogens (tertiary/aromatic N) is 1. The minimum atomic E-state index is -0.896.